The minimum atomic E-state index is -3.93. The molecular formula is C19H26FN3O4S. The number of halogens is 1. The summed E-state index contributed by atoms with van der Waals surface area (Å²) in [5.74, 6) is -0.101. The number of anilines is 1. The number of carboxylic acid groups (broad SMARTS) is 1. The van der Waals surface area contributed by atoms with Crippen molar-refractivity contribution in [2.75, 3.05) is 36.8 Å². The maximum Gasteiger partial charge on any atom is 0.325 e. The first-order chi connectivity index (χ1) is 12.9. The first-order valence-corrected chi connectivity index (χ1v) is 10.5. The Hall–Kier alpha value is -2.15. The van der Waals surface area contributed by atoms with Crippen LogP contribution in [0.4, 0.5) is 10.1 Å². The Kier molecular flexibility index (Phi) is 6.38. The molecule has 0 bridgehead atoms. The average Bonchev–Trinajstić information content (AvgIpc) is 2.61. The molecule has 0 aromatic heterocycles. The number of hydrogen-bond acceptors (Lipinski definition) is 5. The Morgan fingerprint density at radius 1 is 1.25 bits per heavy atom. The van der Waals surface area contributed by atoms with Gasteiger partial charge in [0.05, 0.1) is 5.75 Å². The minimum absolute atomic E-state index is 0.0314. The van der Waals surface area contributed by atoms with Gasteiger partial charge in [0.15, 0.2) is 0 Å². The molecule has 1 unspecified atom stereocenters. The molecule has 0 amide bonds. The number of carboxylic acids is 1. The van der Waals surface area contributed by atoms with Crippen LogP contribution in [-0.4, -0.2) is 61.3 Å². The van der Waals surface area contributed by atoms with Crippen molar-refractivity contribution >= 4 is 21.7 Å². The SMILES string of the molecule is C#CCC(C)(C)C(N)(CS(=O)(=O)N1CCN(c2ccc(F)cc2)CC1)C(=O)O. The zero-order valence-electron chi connectivity index (χ0n) is 16.1. The lowest BCUT2D eigenvalue weighted by atomic mass is 9.71. The normalized spacial score (nSPS) is 18.3. The van der Waals surface area contributed by atoms with Crippen LogP contribution in [0.2, 0.25) is 0 Å². The fraction of sp³-hybridized carbons (Fsp3) is 0.526. The van der Waals surface area contributed by atoms with Crippen molar-refractivity contribution in [2.24, 2.45) is 11.1 Å². The molecule has 0 radical (unpaired) electrons. The van der Waals surface area contributed by atoms with Crippen molar-refractivity contribution in [3.05, 3.63) is 30.1 Å². The van der Waals surface area contributed by atoms with Crippen LogP contribution in [0.1, 0.15) is 20.3 Å². The molecule has 1 aromatic rings. The molecule has 2 rings (SSSR count). The number of piperazine rings is 1. The van der Waals surface area contributed by atoms with Gasteiger partial charge in [-0.3, -0.25) is 4.79 Å². The van der Waals surface area contributed by atoms with Gasteiger partial charge in [0.1, 0.15) is 11.4 Å². The molecule has 1 saturated heterocycles. The molecule has 1 heterocycles. The topological polar surface area (TPSA) is 104 Å². The quantitative estimate of drug-likeness (QED) is 0.652. The number of hydrogen-bond donors (Lipinski definition) is 2. The molecule has 0 spiro atoms. The van der Waals surface area contributed by atoms with E-state index in [0.717, 1.165) is 5.69 Å². The molecule has 1 fully saturated rings. The van der Waals surface area contributed by atoms with Gasteiger partial charge in [-0.05, 0) is 24.3 Å². The summed E-state index contributed by atoms with van der Waals surface area (Å²) in [6.07, 6.45) is 5.34. The van der Waals surface area contributed by atoms with Crippen molar-refractivity contribution < 1.29 is 22.7 Å². The molecule has 154 valence electrons. The molecule has 1 aliphatic heterocycles. The highest BCUT2D eigenvalue weighted by Gasteiger charge is 2.52. The van der Waals surface area contributed by atoms with Crippen molar-refractivity contribution in [2.45, 2.75) is 25.8 Å². The number of aliphatic carboxylic acids is 1. The van der Waals surface area contributed by atoms with Gasteiger partial charge >= 0.3 is 5.97 Å². The van der Waals surface area contributed by atoms with Gasteiger partial charge in [0, 0.05) is 43.7 Å². The number of nitrogens with two attached hydrogens (primary N) is 1. The van der Waals surface area contributed by atoms with E-state index in [4.69, 9.17) is 12.2 Å². The summed E-state index contributed by atoms with van der Waals surface area (Å²) in [5.41, 5.74) is 3.75. The number of rotatable bonds is 7. The first-order valence-electron chi connectivity index (χ1n) is 8.87. The third-order valence-electron chi connectivity index (χ3n) is 5.37. The lowest BCUT2D eigenvalue weighted by Crippen LogP contribution is -2.64. The number of benzene rings is 1. The maximum atomic E-state index is 13.1. The van der Waals surface area contributed by atoms with E-state index in [0.29, 0.717) is 13.1 Å². The van der Waals surface area contributed by atoms with Crippen molar-refractivity contribution in [3.63, 3.8) is 0 Å². The van der Waals surface area contributed by atoms with Crippen LogP contribution in [0.15, 0.2) is 24.3 Å². The predicted octanol–water partition coefficient (Wildman–Crippen LogP) is 1.11. The van der Waals surface area contributed by atoms with Crippen molar-refractivity contribution in [3.8, 4) is 12.3 Å². The van der Waals surface area contributed by atoms with Crippen LogP contribution in [-0.2, 0) is 14.8 Å². The van der Waals surface area contributed by atoms with Crippen LogP contribution >= 0.6 is 0 Å². The molecule has 9 heteroatoms. The van der Waals surface area contributed by atoms with Crippen molar-refractivity contribution in [1.29, 1.82) is 0 Å². The van der Waals surface area contributed by atoms with Gasteiger partial charge in [-0.2, -0.15) is 4.31 Å². The van der Waals surface area contributed by atoms with Gasteiger partial charge in [-0.15, -0.1) is 12.3 Å². The van der Waals surface area contributed by atoms with E-state index in [-0.39, 0.29) is 25.3 Å². The second-order valence-electron chi connectivity index (χ2n) is 7.66. The van der Waals surface area contributed by atoms with Crippen LogP contribution in [0, 0.1) is 23.6 Å². The second-order valence-corrected chi connectivity index (χ2v) is 9.63. The highest BCUT2D eigenvalue weighted by Crippen LogP contribution is 2.34. The third-order valence-corrected chi connectivity index (χ3v) is 7.34. The van der Waals surface area contributed by atoms with Gasteiger partial charge in [0.2, 0.25) is 10.0 Å². The van der Waals surface area contributed by atoms with E-state index in [1.54, 1.807) is 26.0 Å². The molecule has 1 aliphatic rings. The first kappa shape index (κ1) is 22.1. The summed E-state index contributed by atoms with van der Waals surface area (Å²) < 4.78 is 40.1. The lowest BCUT2D eigenvalue weighted by molar-refractivity contribution is -0.146. The van der Waals surface area contributed by atoms with Gasteiger partial charge < -0.3 is 15.7 Å². The van der Waals surface area contributed by atoms with Crippen LogP contribution in [0.3, 0.4) is 0 Å². The van der Waals surface area contributed by atoms with E-state index in [1.165, 1.54) is 16.4 Å². The Morgan fingerprint density at radius 2 is 1.79 bits per heavy atom. The summed E-state index contributed by atoms with van der Waals surface area (Å²) in [5, 5.41) is 9.65. The highest BCUT2D eigenvalue weighted by molar-refractivity contribution is 7.89. The molecule has 0 saturated carbocycles. The number of nitrogens with zero attached hydrogens (tertiary/aromatic N) is 2. The van der Waals surface area contributed by atoms with Gasteiger partial charge in [-0.1, -0.05) is 13.8 Å². The fourth-order valence-electron chi connectivity index (χ4n) is 3.21. The molecule has 7 nitrogen and oxygen atoms in total. The summed E-state index contributed by atoms with van der Waals surface area (Å²) in [4.78, 5) is 13.8. The third kappa shape index (κ3) is 4.46. The van der Waals surface area contributed by atoms with Gasteiger partial charge in [0.25, 0.3) is 0 Å². The zero-order valence-corrected chi connectivity index (χ0v) is 16.9. The Morgan fingerprint density at radius 3 is 2.25 bits per heavy atom. The summed E-state index contributed by atoms with van der Waals surface area (Å²) in [6.45, 7) is 4.30. The molecule has 28 heavy (non-hydrogen) atoms. The summed E-state index contributed by atoms with van der Waals surface area (Å²) in [7, 11) is -3.93. The smallest absolute Gasteiger partial charge is 0.325 e. The van der Waals surface area contributed by atoms with E-state index in [2.05, 4.69) is 5.92 Å². The summed E-state index contributed by atoms with van der Waals surface area (Å²) >= 11 is 0. The Bertz CT molecular complexity index is 856. The van der Waals surface area contributed by atoms with E-state index >= 15 is 0 Å². The van der Waals surface area contributed by atoms with E-state index in [9.17, 15) is 22.7 Å². The maximum absolute atomic E-state index is 13.1. The minimum Gasteiger partial charge on any atom is -0.480 e. The van der Waals surface area contributed by atoms with E-state index in [1.807, 2.05) is 4.90 Å². The largest absolute Gasteiger partial charge is 0.480 e. The number of carbonyl (C=O) groups is 1. The second kappa shape index (κ2) is 8.07. The molecular weight excluding hydrogens is 385 g/mol. The van der Waals surface area contributed by atoms with Crippen LogP contribution < -0.4 is 10.6 Å². The standard InChI is InChI=1S/C19H26FN3O4S/c1-4-9-18(2,3)19(21,17(24)25)14-28(26,27)23-12-10-22(11-13-23)16-7-5-15(20)6-8-16/h1,5-8H,9-14,21H2,2-3H3,(H,24,25). The highest BCUT2D eigenvalue weighted by atomic mass is 32.2. The molecule has 1 atom stereocenters. The summed E-state index contributed by atoms with van der Waals surface area (Å²) in [6, 6.07) is 5.97. The molecule has 3 N–H and O–H groups in total. The molecule has 0 aliphatic carbocycles. The van der Waals surface area contributed by atoms with E-state index < -0.39 is 32.7 Å². The number of terminal acetylenes is 1. The Balaban J connectivity index is 2.13. The van der Waals surface area contributed by atoms with Crippen molar-refractivity contribution in [1.82, 2.24) is 4.31 Å². The van der Waals surface area contributed by atoms with Gasteiger partial charge in [-0.25, -0.2) is 12.8 Å². The fourth-order valence-corrected chi connectivity index (χ4v) is 5.21. The van der Waals surface area contributed by atoms with Crippen LogP contribution in [0.25, 0.3) is 0 Å². The lowest BCUT2D eigenvalue weighted by Gasteiger charge is -2.41. The van der Waals surface area contributed by atoms with Crippen LogP contribution in [0.5, 0.6) is 0 Å². The molecule has 1 aromatic carbocycles. The monoisotopic (exact) mass is 411 g/mol. The predicted molar refractivity (Wildman–Crippen MR) is 106 cm³/mol. The number of sulfonamides is 1. The zero-order chi connectivity index (χ0) is 21.2. The Labute approximate surface area is 165 Å². The average molecular weight is 411 g/mol.